The number of sulfonamides is 1. The number of ether oxygens (including phenoxy) is 1. The van der Waals surface area contributed by atoms with Crippen molar-refractivity contribution in [1.29, 1.82) is 0 Å². The SMILES string of the molecule is CC[NH+]1CCN(c2ccc(S(=O)(=O)N3CCOCC3)cc2N)CC1. The van der Waals surface area contributed by atoms with E-state index < -0.39 is 10.0 Å². The number of hydrogen-bond acceptors (Lipinski definition) is 5. The van der Waals surface area contributed by atoms with Crippen LogP contribution in [0.2, 0.25) is 0 Å². The van der Waals surface area contributed by atoms with E-state index in [0.29, 0.717) is 32.0 Å². The molecule has 0 spiro atoms. The van der Waals surface area contributed by atoms with Gasteiger partial charge in [0, 0.05) is 13.1 Å². The molecule has 2 saturated heterocycles. The van der Waals surface area contributed by atoms with Crippen LogP contribution in [0.5, 0.6) is 0 Å². The lowest BCUT2D eigenvalue weighted by molar-refractivity contribution is -0.898. The summed E-state index contributed by atoms with van der Waals surface area (Å²) in [6.07, 6.45) is 0. The molecule has 8 heteroatoms. The highest BCUT2D eigenvalue weighted by Gasteiger charge is 2.27. The van der Waals surface area contributed by atoms with Gasteiger partial charge in [-0.15, -0.1) is 0 Å². The van der Waals surface area contributed by atoms with Crippen molar-refractivity contribution in [3.8, 4) is 0 Å². The van der Waals surface area contributed by atoms with E-state index in [0.717, 1.165) is 38.4 Å². The van der Waals surface area contributed by atoms with Crippen molar-refractivity contribution in [1.82, 2.24) is 4.31 Å². The van der Waals surface area contributed by atoms with E-state index in [1.807, 2.05) is 6.07 Å². The van der Waals surface area contributed by atoms with E-state index in [1.54, 1.807) is 17.0 Å². The first-order valence-electron chi connectivity index (χ1n) is 8.58. The maximum absolute atomic E-state index is 12.7. The molecule has 3 rings (SSSR count). The first kappa shape index (κ1) is 17.5. The normalized spacial score (nSPS) is 21.1. The number of hydrogen-bond donors (Lipinski definition) is 2. The zero-order valence-corrected chi connectivity index (χ0v) is 15.0. The van der Waals surface area contributed by atoms with Crippen LogP contribution in [0.15, 0.2) is 23.1 Å². The second kappa shape index (κ2) is 7.26. The zero-order chi connectivity index (χ0) is 17.2. The molecule has 0 amide bonds. The Kier molecular flexibility index (Phi) is 5.29. The van der Waals surface area contributed by atoms with Gasteiger partial charge in [0.25, 0.3) is 0 Å². The lowest BCUT2D eigenvalue weighted by atomic mass is 10.2. The Morgan fingerprint density at radius 2 is 1.83 bits per heavy atom. The molecule has 1 aromatic rings. The summed E-state index contributed by atoms with van der Waals surface area (Å²) in [5, 5.41) is 0. The molecule has 7 nitrogen and oxygen atoms in total. The van der Waals surface area contributed by atoms with E-state index in [2.05, 4.69) is 11.8 Å². The minimum absolute atomic E-state index is 0.267. The van der Waals surface area contributed by atoms with Gasteiger partial charge in [0.15, 0.2) is 0 Å². The fourth-order valence-corrected chi connectivity index (χ4v) is 4.78. The lowest BCUT2D eigenvalue weighted by Gasteiger charge is -2.34. The fourth-order valence-electron chi connectivity index (χ4n) is 3.33. The Hall–Kier alpha value is -1.35. The number of rotatable bonds is 4. The van der Waals surface area contributed by atoms with Gasteiger partial charge < -0.3 is 20.3 Å². The highest BCUT2D eigenvalue weighted by Crippen LogP contribution is 2.28. The number of morpholine rings is 1. The molecular weight excluding hydrogens is 328 g/mol. The van der Waals surface area contributed by atoms with Crippen LogP contribution in [0.4, 0.5) is 11.4 Å². The number of nitrogens with one attached hydrogen (secondary N) is 1. The smallest absolute Gasteiger partial charge is 0.243 e. The minimum atomic E-state index is -3.49. The molecular formula is C16H27N4O3S+. The van der Waals surface area contributed by atoms with Crippen LogP contribution in [-0.2, 0) is 14.8 Å². The molecule has 0 saturated carbocycles. The van der Waals surface area contributed by atoms with Crippen LogP contribution in [0.3, 0.4) is 0 Å². The molecule has 2 heterocycles. The fraction of sp³-hybridized carbons (Fsp3) is 0.625. The van der Waals surface area contributed by atoms with Gasteiger partial charge in [-0.2, -0.15) is 4.31 Å². The molecule has 0 aromatic heterocycles. The maximum Gasteiger partial charge on any atom is 0.243 e. The number of nitrogens with two attached hydrogens (primary N) is 1. The van der Waals surface area contributed by atoms with Gasteiger partial charge in [0.1, 0.15) is 0 Å². The third kappa shape index (κ3) is 3.51. The highest BCUT2D eigenvalue weighted by molar-refractivity contribution is 7.89. The molecule has 0 unspecified atom stereocenters. The second-order valence-electron chi connectivity index (χ2n) is 6.33. The summed E-state index contributed by atoms with van der Waals surface area (Å²) in [7, 11) is -3.49. The maximum atomic E-state index is 12.7. The summed E-state index contributed by atoms with van der Waals surface area (Å²) in [6.45, 7) is 9.08. The van der Waals surface area contributed by atoms with E-state index >= 15 is 0 Å². The van der Waals surface area contributed by atoms with Crippen molar-refractivity contribution < 1.29 is 18.1 Å². The quantitative estimate of drug-likeness (QED) is 0.679. The summed E-state index contributed by atoms with van der Waals surface area (Å²) in [5.41, 5.74) is 7.66. The summed E-state index contributed by atoms with van der Waals surface area (Å²) >= 11 is 0. The van der Waals surface area contributed by atoms with E-state index in [-0.39, 0.29) is 4.90 Å². The van der Waals surface area contributed by atoms with Gasteiger partial charge in [-0.25, -0.2) is 8.42 Å². The first-order valence-corrected chi connectivity index (χ1v) is 10.0. The number of anilines is 2. The third-order valence-electron chi connectivity index (χ3n) is 4.92. The molecule has 24 heavy (non-hydrogen) atoms. The molecule has 1 aromatic carbocycles. The lowest BCUT2D eigenvalue weighted by Crippen LogP contribution is -3.14. The zero-order valence-electron chi connectivity index (χ0n) is 14.2. The second-order valence-corrected chi connectivity index (χ2v) is 8.27. The number of likely N-dealkylation sites (N-methyl/N-ethyl adjacent to an activating group) is 1. The van der Waals surface area contributed by atoms with Crippen LogP contribution in [0, 0.1) is 0 Å². The topological polar surface area (TPSA) is 80.3 Å². The van der Waals surface area contributed by atoms with Gasteiger partial charge >= 0.3 is 0 Å². The average molecular weight is 355 g/mol. The van der Waals surface area contributed by atoms with Crippen molar-refractivity contribution in [2.45, 2.75) is 11.8 Å². The monoisotopic (exact) mass is 355 g/mol. The van der Waals surface area contributed by atoms with Crippen molar-refractivity contribution in [3.63, 3.8) is 0 Å². The van der Waals surface area contributed by atoms with E-state index in [9.17, 15) is 8.42 Å². The standard InChI is InChI=1S/C16H26N4O3S/c1-2-18-5-7-19(8-6-18)16-4-3-14(13-15(16)17)24(21,22)20-9-11-23-12-10-20/h3-4,13H,2,5-12,17H2,1H3/p+1. The molecule has 134 valence electrons. The summed E-state index contributed by atoms with van der Waals surface area (Å²) in [5.74, 6) is 0. The van der Waals surface area contributed by atoms with Crippen molar-refractivity contribution in [2.24, 2.45) is 0 Å². The Morgan fingerprint density at radius 3 is 2.42 bits per heavy atom. The number of nitrogens with zero attached hydrogens (tertiary/aromatic N) is 2. The van der Waals surface area contributed by atoms with Crippen LogP contribution in [-0.4, -0.2) is 71.8 Å². The minimum Gasteiger partial charge on any atom is -0.397 e. The summed E-state index contributed by atoms with van der Waals surface area (Å²) in [6, 6.07) is 5.12. The molecule has 0 aliphatic carbocycles. The Morgan fingerprint density at radius 1 is 1.17 bits per heavy atom. The third-order valence-corrected chi connectivity index (χ3v) is 6.81. The molecule has 3 N–H and O–H groups in total. The van der Waals surface area contributed by atoms with Crippen molar-refractivity contribution in [2.75, 3.05) is 69.7 Å². The Bertz CT molecular complexity index is 666. The number of quaternary nitrogens is 1. The molecule has 0 atom stereocenters. The van der Waals surface area contributed by atoms with Crippen LogP contribution >= 0.6 is 0 Å². The molecule has 2 fully saturated rings. The first-order chi connectivity index (χ1) is 11.5. The Labute approximate surface area is 144 Å². The number of benzene rings is 1. The Balaban J connectivity index is 1.77. The van der Waals surface area contributed by atoms with Gasteiger partial charge in [0.05, 0.1) is 62.2 Å². The largest absolute Gasteiger partial charge is 0.397 e. The van der Waals surface area contributed by atoms with Crippen molar-refractivity contribution in [3.05, 3.63) is 18.2 Å². The summed E-state index contributed by atoms with van der Waals surface area (Å²) < 4.78 is 32.1. The van der Waals surface area contributed by atoms with Gasteiger partial charge in [0.2, 0.25) is 10.0 Å². The van der Waals surface area contributed by atoms with Gasteiger partial charge in [-0.05, 0) is 25.1 Å². The average Bonchev–Trinajstić information content (AvgIpc) is 2.62. The molecule has 2 aliphatic rings. The highest BCUT2D eigenvalue weighted by atomic mass is 32.2. The van der Waals surface area contributed by atoms with Gasteiger partial charge in [-0.3, -0.25) is 0 Å². The molecule has 0 bridgehead atoms. The molecule has 0 radical (unpaired) electrons. The molecule has 2 aliphatic heterocycles. The summed E-state index contributed by atoms with van der Waals surface area (Å²) in [4.78, 5) is 4.11. The van der Waals surface area contributed by atoms with E-state index in [1.165, 1.54) is 4.31 Å². The van der Waals surface area contributed by atoms with Crippen molar-refractivity contribution >= 4 is 21.4 Å². The number of nitrogen functional groups attached to an aromatic ring is 1. The number of piperazine rings is 1. The van der Waals surface area contributed by atoms with E-state index in [4.69, 9.17) is 10.5 Å². The van der Waals surface area contributed by atoms with Crippen LogP contribution in [0.1, 0.15) is 6.92 Å². The van der Waals surface area contributed by atoms with Gasteiger partial charge in [-0.1, -0.05) is 0 Å². The predicted molar refractivity (Wildman–Crippen MR) is 93.9 cm³/mol. The van der Waals surface area contributed by atoms with Crippen LogP contribution in [0.25, 0.3) is 0 Å². The van der Waals surface area contributed by atoms with Crippen LogP contribution < -0.4 is 15.5 Å². The predicted octanol–water partition coefficient (Wildman–Crippen LogP) is -0.985.